The van der Waals surface area contributed by atoms with Gasteiger partial charge in [-0.05, 0) is 25.0 Å². The third-order valence-electron chi connectivity index (χ3n) is 3.40. The lowest BCUT2D eigenvalue weighted by atomic mass is 9.97. The number of carboxylic acids is 1. The van der Waals surface area contributed by atoms with Crippen LogP contribution in [0.5, 0.6) is 0 Å². The zero-order chi connectivity index (χ0) is 15.6. The number of nitrogens with zero attached hydrogens (tertiary/aromatic N) is 2. The van der Waals surface area contributed by atoms with Gasteiger partial charge < -0.3 is 10.0 Å². The molecule has 114 valence electrons. The molecule has 1 saturated heterocycles. The first-order chi connectivity index (χ1) is 9.79. The standard InChI is InChI=1S/C13H13F3N2O3/c14-13(15,16)9-2-1-5-18(7-9)11(19)10-4-3-8(6-17-10)12(20)21/h3-4,6,9H,1-2,5,7H2,(H,20,21). The molecular formula is C13H13F3N2O3. The molecule has 1 atom stereocenters. The van der Waals surface area contributed by atoms with Gasteiger partial charge in [-0.1, -0.05) is 0 Å². The van der Waals surface area contributed by atoms with Gasteiger partial charge >= 0.3 is 12.1 Å². The van der Waals surface area contributed by atoms with Crippen molar-refractivity contribution in [1.82, 2.24) is 9.88 Å². The number of carbonyl (C=O) groups excluding carboxylic acids is 1. The number of alkyl halides is 3. The maximum atomic E-state index is 12.7. The molecule has 1 N–H and O–H groups in total. The van der Waals surface area contributed by atoms with Gasteiger partial charge in [-0.15, -0.1) is 0 Å². The summed E-state index contributed by atoms with van der Waals surface area (Å²) in [5, 5.41) is 8.73. The molecule has 1 aliphatic heterocycles. The molecule has 1 aromatic heterocycles. The molecule has 1 amide bonds. The molecule has 0 aromatic carbocycles. The van der Waals surface area contributed by atoms with Crippen molar-refractivity contribution in [2.24, 2.45) is 5.92 Å². The van der Waals surface area contributed by atoms with E-state index < -0.39 is 24.0 Å². The van der Waals surface area contributed by atoms with Gasteiger partial charge in [0, 0.05) is 19.3 Å². The first kappa shape index (κ1) is 15.3. The number of amides is 1. The molecule has 0 aliphatic carbocycles. The highest BCUT2D eigenvalue weighted by molar-refractivity contribution is 5.93. The molecular weight excluding hydrogens is 289 g/mol. The van der Waals surface area contributed by atoms with E-state index >= 15 is 0 Å². The number of halogens is 3. The van der Waals surface area contributed by atoms with E-state index in [2.05, 4.69) is 4.98 Å². The van der Waals surface area contributed by atoms with Crippen LogP contribution in [0.2, 0.25) is 0 Å². The van der Waals surface area contributed by atoms with Crippen molar-refractivity contribution in [3.8, 4) is 0 Å². The molecule has 0 bridgehead atoms. The third-order valence-corrected chi connectivity index (χ3v) is 3.40. The average molecular weight is 302 g/mol. The number of pyridine rings is 1. The quantitative estimate of drug-likeness (QED) is 0.909. The highest BCUT2D eigenvalue weighted by atomic mass is 19.4. The summed E-state index contributed by atoms with van der Waals surface area (Å²) in [7, 11) is 0. The first-order valence-electron chi connectivity index (χ1n) is 6.34. The van der Waals surface area contributed by atoms with Gasteiger partial charge in [0.25, 0.3) is 5.91 Å². The van der Waals surface area contributed by atoms with E-state index in [1.807, 2.05) is 0 Å². The van der Waals surface area contributed by atoms with Gasteiger partial charge in [-0.25, -0.2) is 4.79 Å². The number of rotatable bonds is 2. The van der Waals surface area contributed by atoms with Crippen LogP contribution in [-0.4, -0.2) is 46.1 Å². The van der Waals surface area contributed by atoms with Crippen molar-refractivity contribution >= 4 is 11.9 Å². The average Bonchev–Trinajstić information content (AvgIpc) is 2.46. The minimum atomic E-state index is -4.32. The van der Waals surface area contributed by atoms with Gasteiger partial charge in [0.15, 0.2) is 0 Å². The predicted molar refractivity (Wildman–Crippen MR) is 65.9 cm³/mol. The largest absolute Gasteiger partial charge is 0.478 e. The second kappa shape index (κ2) is 5.71. The number of likely N-dealkylation sites (tertiary alicyclic amines) is 1. The van der Waals surface area contributed by atoms with E-state index in [9.17, 15) is 22.8 Å². The summed E-state index contributed by atoms with van der Waals surface area (Å²) in [6.07, 6.45) is -3.01. The Balaban J connectivity index is 2.10. The van der Waals surface area contributed by atoms with E-state index in [0.717, 1.165) is 11.1 Å². The fourth-order valence-corrected chi connectivity index (χ4v) is 2.24. The molecule has 2 rings (SSSR count). The normalized spacial score (nSPS) is 19.4. The summed E-state index contributed by atoms with van der Waals surface area (Å²) < 4.78 is 38.1. The molecule has 21 heavy (non-hydrogen) atoms. The van der Waals surface area contributed by atoms with Crippen molar-refractivity contribution in [2.75, 3.05) is 13.1 Å². The molecule has 0 saturated carbocycles. The number of piperidine rings is 1. The Kier molecular flexibility index (Phi) is 4.15. The summed E-state index contributed by atoms with van der Waals surface area (Å²) in [4.78, 5) is 27.6. The number of hydrogen-bond donors (Lipinski definition) is 1. The zero-order valence-corrected chi connectivity index (χ0v) is 10.9. The van der Waals surface area contributed by atoms with Crippen LogP contribution < -0.4 is 0 Å². The highest BCUT2D eigenvalue weighted by Gasteiger charge is 2.42. The van der Waals surface area contributed by atoms with E-state index in [4.69, 9.17) is 5.11 Å². The summed E-state index contributed by atoms with van der Waals surface area (Å²) in [5.74, 6) is -3.31. The minimum absolute atomic E-state index is 0.0126. The smallest absolute Gasteiger partial charge is 0.393 e. The minimum Gasteiger partial charge on any atom is -0.478 e. The van der Waals surface area contributed by atoms with E-state index in [0.29, 0.717) is 0 Å². The van der Waals surface area contributed by atoms with Crippen LogP contribution in [0, 0.1) is 5.92 Å². The van der Waals surface area contributed by atoms with Crippen LogP contribution in [-0.2, 0) is 0 Å². The fourth-order valence-electron chi connectivity index (χ4n) is 2.24. The Labute approximate surface area is 118 Å². The third kappa shape index (κ3) is 3.50. The molecule has 1 unspecified atom stereocenters. The molecule has 1 aromatic rings. The number of hydrogen-bond acceptors (Lipinski definition) is 3. The second-order valence-corrected chi connectivity index (χ2v) is 4.87. The maximum absolute atomic E-state index is 12.7. The topological polar surface area (TPSA) is 70.5 Å². The van der Waals surface area contributed by atoms with E-state index in [1.165, 1.54) is 12.1 Å². The Morgan fingerprint density at radius 1 is 1.33 bits per heavy atom. The number of aromatic carboxylic acids is 1. The molecule has 1 aliphatic rings. The van der Waals surface area contributed by atoms with Crippen molar-refractivity contribution in [3.63, 3.8) is 0 Å². The Bertz CT molecular complexity index is 543. The monoisotopic (exact) mass is 302 g/mol. The Morgan fingerprint density at radius 3 is 2.57 bits per heavy atom. The summed E-state index contributed by atoms with van der Waals surface area (Å²) in [6.45, 7) is -0.140. The zero-order valence-electron chi connectivity index (χ0n) is 10.9. The molecule has 0 radical (unpaired) electrons. The molecule has 1 fully saturated rings. The van der Waals surface area contributed by atoms with Crippen LogP contribution in [0.25, 0.3) is 0 Å². The van der Waals surface area contributed by atoms with Crippen LogP contribution in [0.3, 0.4) is 0 Å². The van der Waals surface area contributed by atoms with Crippen molar-refractivity contribution in [3.05, 3.63) is 29.6 Å². The van der Waals surface area contributed by atoms with Gasteiger partial charge in [-0.3, -0.25) is 9.78 Å². The van der Waals surface area contributed by atoms with E-state index in [-0.39, 0.29) is 37.2 Å². The Hall–Kier alpha value is -2.12. The summed E-state index contributed by atoms with van der Waals surface area (Å²) in [6, 6.07) is 2.41. The Morgan fingerprint density at radius 2 is 2.05 bits per heavy atom. The maximum Gasteiger partial charge on any atom is 0.393 e. The second-order valence-electron chi connectivity index (χ2n) is 4.87. The summed E-state index contributed by atoms with van der Waals surface area (Å²) in [5.41, 5.74) is -0.138. The van der Waals surface area contributed by atoms with E-state index in [1.54, 1.807) is 0 Å². The number of carbonyl (C=O) groups is 2. The molecule has 8 heteroatoms. The molecule has 5 nitrogen and oxygen atoms in total. The van der Waals surface area contributed by atoms with Gasteiger partial charge in [0.1, 0.15) is 5.69 Å². The van der Waals surface area contributed by atoms with Gasteiger partial charge in [0.2, 0.25) is 0 Å². The first-order valence-corrected chi connectivity index (χ1v) is 6.34. The molecule has 0 spiro atoms. The van der Waals surface area contributed by atoms with Gasteiger partial charge in [-0.2, -0.15) is 13.2 Å². The lowest BCUT2D eigenvalue weighted by molar-refractivity contribution is -0.184. The number of carboxylic acid groups (broad SMARTS) is 1. The van der Waals surface area contributed by atoms with Crippen LogP contribution >= 0.6 is 0 Å². The lowest BCUT2D eigenvalue weighted by Crippen LogP contribution is -2.44. The molecule has 2 heterocycles. The fraction of sp³-hybridized carbons (Fsp3) is 0.462. The summed E-state index contributed by atoms with van der Waals surface area (Å²) >= 11 is 0. The predicted octanol–water partition coefficient (Wildman–Crippen LogP) is 2.19. The lowest BCUT2D eigenvalue weighted by Gasteiger charge is -2.33. The van der Waals surface area contributed by atoms with Gasteiger partial charge in [0.05, 0.1) is 11.5 Å². The van der Waals surface area contributed by atoms with Crippen molar-refractivity contribution < 1.29 is 27.9 Å². The number of aromatic nitrogens is 1. The van der Waals surface area contributed by atoms with Crippen molar-refractivity contribution in [1.29, 1.82) is 0 Å². The van der Waals surface area contributed by atoms with Crippen LogP contribution in [0.15, 0.2) is 18.3 Å². The van der Waals surface area contributed by atoms with Crippen LogP contribution in [0.4, 0.5) is 13.2 Å². The SMILES string of the molecule is O=C(O)c1ccc(C(=O)N2CCCC(C(F)(F)F)C2)nc1. The van der Waals surface area contributed by atoms with Crippen molar-refractivity contribution in [2.45, 2.75) is 19.0 Å². The highest BCUT2D eigenvalue weighted by Crippen LogP contribution is 2.33. The van der Waals surface area contributed by atoms with Crippen LogP contribution in [0.1, 0.15) is 33.7 Å².